The Morgan fingerprint density at radius 1 is 1.11 bits per heavy atom. The van der Waals surface area contributed by atoms with Gasteiger partial charge in [0.15, 0.2) is 0 Å². The van der Waals surface area contributed by atoms with Crippen molar-refractivity contribution >= 4 is 28.3 Å². The summed E-state index contributed by atoms with van der Waals surface area (Å²) >= 11 is 0. The van der Waals surface area contributed by atoms with Crippen LogP contribution in [0.2, 0.25) is 0 Å². The summed E-state index contributed by atoms with van der Waals surface area (Å²) in [6.45, 7) is 0. The van der Waals surface area contributed by atoms with Crippen molar-refractivity contribution < 1.29 is 14.7 Å². The van der Waals surface area contributed by atoms with E-state index in [1.165, 1.54) is 12.1 Å². The number of amides is 1. The molecule has 0 bridgehead atoms. The van der Waals surface area contributed by atoms with E-state index in [1.54, 1.807) is 28.8 Å². The SMILES string of the molecule is NC(=O)c1c2ccc(C(=O)O)cc2n2ccccc12. The van der Waals surface area contributed by atoms with Crippen LogP contribution in [-0.2, 0) is 0 Å². The first-order chi connectivity index (χ1) is 9.09. The van der Waals surface area contributed by atoms with Gasteiger partial charge in [0.05, 0.1) is 22.2 Å². The lowest BCUT2D eigenvalue weighted by Gasteiger charge is -1.97. The van der Waals surface area contributed by atoms with Crippen LogP contribution < -0.4 is 5.73 Å². The third-order valence-electron chi connectivity index (χ3n) is 3.14. The molecular formula is C14H10N2O3. The fraction of sp³-hybridized carbons (Fsp3) is 0. The van der Waals surface area contributed by atoms with Crippen LogP contribution in [0.15, 0.2) is 42.6 Å². The Morgan fingerprint density at radius 3 is 2.58 bits per heavy atom. The number of nitrogens with zero attached hydrogens (tertiary/aromatic N) is 1. The first-order valence-corrected chi connectivity index (χ1v) is 5.65. The van der Waals surface area contributed by atoms with E-state index in [1.807, 2.05) is 6.07 Å². The molecule has 19 heavy (non-hydrogen) atoms. The highest BCUT2D eigenvalue weighted by Gasteiger charge is 2.16. The molecule has 3 aromatic rings. The Hall–Kier alpha value is -2.82. The molecule has 0 radical (unpaired) electrons. The summed E-state index contributed by atoms with van der Waals surface area (Å²) in [5, 5.41) is 9.69. The molecule has 0 aliphatic heterocycles. The predicted molar refractivity (Wildman–Crippen MR) is 70.4 cm³/mol. The second kappa shape index (κ2) is 3.84. The van der Waals surface area contributed by atoms with Crippen LogP contribution >= 0.6 is 0 Å². The Kier molecular flexibility index (Phi) is 2.28. The van der Waals surface area contributed by atoms with Crippen molar-refractivity contribution in [2.75, 3.05) is 0 Å². The molecule has 0 spiro atoms. The molecule has 2 aromatic heterocycles. The van der Waals surface area contributed by atoms with Gasteiger partial charge in [-0.05, 0) is 24.3 Å². The quantitative estimate of drug-likeness (QED) is 0.732. The first kappa shape index (κ1) is 11.3. The van der Waals surface area contributed by atoms with Crippen molar-refractivity contribution in [1.29, 1.82) is 0 Å². The zero-order chi connectivity index (χ0) is 13.6. The maximum Gasteiger partial charge on any atom is 0.335 e. The normalized spacial score (nSPS) is 10.9. The summed E-state index contributed by atoms with van der Waals surface area (Å²) in [5.41, 5.74) is 7.33. The van der Waals surface area contributed by atoms with E-state index in [-0.39, 0.29) is 5.56 Å². The van der Waals surface area contributed by atoms with E-state index in [0.29, 0.717) is 22.0 Å². The minimum atomic E-state index is -1.01. The molecule has 1 aromatic carbocycles. The summed E-state index contributed by atoms with van der Waals surface area (Å²) in [7, 11) is 0. The largest absolute Gasteiger partial charge is 0.478 e. The van der Waals surface area contributed by atoms with Crippen molar-refractivity contribution in [2.24, 2.45) is 5.73 Å². The van der Waals surface area contributed by atoms with E-state index >= 15 is 0 Å². The van der Waals surface area contributed by atoms with Gasteiger partial charge in [0.25, 0.3) is 5.91 Å². The number of carbonyl (C=O) groups is 2. The van der Waals surface area contributed by atoms with E-state index < -0.39 is 11.9 Å². The van der Waals surface area contributed by atoms with Crippen LogP contribution in [0.3, 0.4) is 0 Å². The molecule has 0 atom stereocenters. The summed E-state index contributed by atoms with van der Waals surface area (Å²) in [6.07, 6.45) is 1.77. The molecule has 5 heteroatoms. The number of carbonyl (C=O) groups excluding carboxylic acids is 1. The molecule has 5 nitrogen and oxygen atoms in total. The fourth-order valence-electron chi connectivity index (χ4n) is 2.33. The van der Waals surface area contributed by atoms with E-state index in [2.05, 4.69) is 0 Å². The average molecular weight is 254 g/mol. The molecule has 94 valence electrons. The number of aromatic carboxylic acids is 1. The van der Waals surface area contributed by atoms with Crippen molar-refractivity contribution in [3.8, 4) is 0 Å². The number of fused-ring (bicyclic) bond motifs is 3. The molecule has 3 rings (SSSR count). The minimum Gasteiger partial charge on any atom is -0.478 e. The van der Waals surface area contributed by atoms with Crippen LogP contribution in [-0.4, -0.2) is 21.4 Å². The third kappa shape index (κ3) is 1.55. The fourth-order valence-corrected chi connectivity index (χ4v) is 2.33. The number of rotatable bonds is 2. The number of benzene rings is 1. The smallest absolute Gasteiger partial charge is 0.335 e. The van der Waals surface area contributed by atoms with Gasteiger partial charge >= 0.3 is 5.97 Å². The number of hydrogen-bond acceptors (Lipinski definition) is 2. The van der Waals surface area contributed by atoms with Crippen molar-refractivity contribution in [3.63, 3.8) is 0 Å². The number of carboxylic acid groups (broad SMARTS) is 1. The maximum atomic E-state index is 11.6. The third-order valence-corrected chi connectivity index (χ3v) is 3.14. The van der Waals surface area contributed by atoms with Gasteiger partial charge in [-0.2, -0.15) is 0 Å². The van der Waals surface area contributed by atoms with Gasteiger partial charge in [-0.3, -0.25) is 4.79 Å². The zero-order valence-electron chi connectivity index (χ0n) is 9.83. The first-order valence-electron chi connectivity index (χ1n) is 5.65. The monoisotopic (exact) mass is 254 g/mol. The van der Waals surface area contributed by atoms with Gasteiger partial charge in [0.1, 0.15) is 0 Å². The summed E-state index contributed by atoms with van der Waals surface area (Å²) in [4.78, 5) is 22.6. The molecule has 0 unspecified atom stereocenters. The highest BCUT2D eigenvalue weighted by atomic mass is 16.4. The van der Waals surface area contributed by atoms with Gasteiger partial charge in [-0.1, -0.05) is 12.1 Å². The Bertz CT molecular complexity index is 833. The molecule has 0 saturated heterocycles. The molecule has 0 fully saturated rings. The molecule has 2 heterocycles. The van der Waals surface area contributed by atoms with Crippen LogP contribution in [0, 0.1) is 0 Å². The van der Waals surface area contributed by atoms with E-state index in [0.717, 1.165) is 0 Å². The summed E-state index contributed by atoms with van der Waals surface area (Å²) in [6, 6.07) is 10.0. The molecular weight excluding hydrogens is 244 g/mol. The van der Waals surface area contributed by atoms with Gasteiger partial charge in [-0.15, -0.1) is 0 Å². The summed E-state index contributed by atoms with van der Waals surface area (Å²) < 4.78 is 1.77. The number of aromatic nitrogens is 1. The minimum absolute atomic E-state index is 0.173. The Balaban J connectivity index is 2.52. The van der Waals surface area contributed by atoms with E-state index in [9.17, 15) is 9.59 Å². The molecule has 0 aliphatic carbocycles. The lowest BCUT2D eigenvalue weighted by molar-refractivity contribution is 0.0697. The molecule has 3 N–H and O–H groups in total. The summed E-state index contributed by atoms with van der Waals surface area (Å²) in [5.74, 6) is -1.53. The molecule has 0 saturated carbocycles. The second-order valence-electron chi connectivity index (χ2n) is 4.23. The van der Waals surface area contributed by atoms with Crippen molar-refractivity contribution in [1.82, 2.24) is 4.40 Å². The van der Waals surface area contributed by atoms with E-state index in [4.69, 9.17) is 10.8 Å². The van der Waals surface area contributed by atoms with Crippen LogP contribution in [0.25, 0.3) is 16.4 Å². The second-order valence-corrected chi connectivity index (χ2v) is 4.23. The number of primary amides is 1. The maximum absolute atomic E-state index is 11.6. The zero-order valence-corrected chi connectivity index (χ0v) is 9.83. The Morgan fingerprint density at radius 2 is 1.89 bits per heavy atom. The lowest BCUT2D eigenvalue weighted by Crippen LogP contribution is -2.10. The van der Waals surface area contributed by atoms with Gasteiger partial charge in [0, 0.05) is 11.6 Å². The van der Waals surface area contributed by atoms with Crippen LogP contribution in [0.4, 0.5) is 0 Å². The molecule has 1 amide bonds. The van der Waals surface area contributed by atoms with Crippen LogP contribution in [0.1, 0.15) is 20.7 Å². The number of hydrogen-bond donors (Lipinski definition) is 2. The van der Waals surface area contributed by atoms with Gasteiger partial charge < -0.3 is 15.2 Å². The number of pyridine rings is 1. The molecule has 0 aliphatic rings. The lowest BCUT2D eigenvalue weighted by atomic mass is 10.1. The highest BCUT2D eigenvalue weighted by molar-refractivity contribution is 6.14. The highest BCUT2D eigenvalue weighted by Crippen LogP contribution is 2.27. The topological polar surface area (TPSA) is 84.8 Å². The standard InChI is InChI=1S/C14H10N2O3/c15-13(17)12-9-5-4-8(14(18)19)7-11(9)16-6-2-1-3-10(12)16/h1-7H,(H2,15,17)(H,18,19). The van der Waals surface area contributed by atoms with Gasteiger partial charge in [0.2, 0.25) is 0 Å². The number of nitrogens with two attached hydrogens (primary N) is 1. The van der Waals surface area contributed by atoms with Crippen molar-refractivity contribution in [3.05, 3.63) is 53.7 Å². The average Bonchev–Trinajstić information content (AvgIpc) is 2.72. The Labute approximate surface area is 107 Å². The predicted octanol–water partition coefficient (Wildman–Crippen LogP) is 1.89. The van der Waals surface area contributed by atoms with Gasteiger partial charge in [-0.25, -0.2) is 4.79 Å². The van der Waals surface area contributed by atoms with Crippen molar-refractivity contribution in [2.45, 2.75) is 0 Å². The number of carboxylic acids is 1. The van der Waals surface area contributed by atoms with Crippen LogP contribution in [0.5, 0.6) is 0 Å².